The van der Waals surface area contributed by atoms with Crippen molar-refractivity contribution in [3.63, 3.8) is 0 Å². The van der Waals surface area contributed by atoms with E-state index in [1.54, 1.807) is 0 Å². The van der Waals surface area contributed by atoms with Crippen molar-refractivity contribution in [2.75, 3.05) is 0 Å². The number of ether oxygens (including phenoxy) is 1. The van der Waals surface area contributed by atoms with Crippen LogP contribution in [0.2, 0.25) is 0 Å². The predicted octanol–water partition coefficient (Wildman–Crippen LogP) is 3.84. The van der Waals surface area contributed by atoms with Crippen molar-refractivity contribution in [1.82, 2.24) is 0 Å². The fourth-order valence-corrected chi connectivity index (χ4v) is 1.58. The summed E-state index contributed by atoms with van der Waals surface area (Å²) in [6.45, 7) is 1.94. The van der Waals surface area contributed by atoms with E-state index in [0.29, 0.717) is 0 Å². The third kappa shape index (κ3) is 3.47. The van der Waals surface area contributed by atoms with Gasteiger partial charge >= 0.3 is 0 Å². The van der Waals surface area contributed by atoms with Gasteiger partial charge in [-0.15, -0.1) is 0 Å². The van der Waals surface area contributed by atoms with E-state index < -0.39 is 0 Å². The molecule has 0 spiro atoms. The lowest BCUT2D eigenvalue weighted by Crippen LogP contribution is -2.09. The van der Waals surface area contributed by atoms with Gasteiger partial charge in [0.1, 0.15) is 11.5 Å². The lowest BCUT2D eigenvalue weighted by molar-refractivity contribution is 0.481. The first-order valence-corrected chi connectivity index (χ1v) is 6.01. The van der Waals surface area contributed by atoms with E-state index in [0.717, 1.165) is 17.1 Å². The fourth-order valence-electron chi connectivity index (χ4n) is 1.58. The van der Waals surface area contributed by atoms with E-state index in [1.807, 2.05) is 73.7 Å². The third-order valence-corrected chi connectivity index (χ3v) is 2.47. The molecule has 0 aliphatic carbocycles. The SMILES string of the molecule is CC(N)/C=C/c1ccccc1Oc1ccccc1. The zero-order chi connectivity index (χ0) is 12.8. The molecule has 1 atom stereocenters. The Morgan fingerprint density at radius 3 is 2.39 bits per heavy atom. The van der Waals surface area contributed by atoms with Crippen LogP contribution in [-0.2, 0) is 0 Å². The number of hydrogen-bond acceptors (Lipinski definition) is 2. The molecule has 2 N–H and O–H groups in total. The third-order valence-electron chi connectivity index (χ3n) is 2.47. The Labute approximate surface area is 108 Å². The molecule has 0 saturated heterocycles. The van der Waals surface area contributed by atoms with Gasteiger partial charge in [-0.05, 0) is 25.1 Å². The van der Waals surface area contributed by atoms with Gasteiger partial charge in [0, 0.05) is 11.6 Å². The highest BCUT2D eigenvalue weighted by molar-refractivity contribution is 5.58. The number of rotatable bonds is 4. The molecule has 0 amide bonds. The van der Waals surface area contributed by atoms with Crippen LogP contribution >= 0.6 is 0 Å². The summed E-state index contributed by atoms with van der Waals surface area (Å²) in [6.07, 6.45) is 3.94. The zero-order valence-electron chi connectivity index (χ0n) is 10.4. The molecule has 2 nitrogen and oxygen atoms in total. The summed E-state index contributed by atoms with van der Waals surface area (Å²) in [7, 11) is 0. The lowest BCUT2D eigenvalue weighted by atomic mass is 10.1. The van der Waals surface area contributed by atoms with Crippen molar-refractivity contribution in [3.05, 3.63) is 66.2 Å². The van der Waals surface area contributed by atoms with Crippen molar-refractivity contribution in [3.8, 4) is 11.5 Å². The fraction of sp³-hybridized carbons (Fsp3) is 0.125. The summed E-state index contributed by atoms with van der Waals surface area (Å²) < 4.78 is 5.85. The molecule has 0 saturated carbocycles. The number of hydrogen-bond donors (Lipinski definition) is 1. The van der Waals surface area contributed by atoms with Crippen molar-refractivity contribution >= 4 is 6.08 Å². The van der Waals surface area contributed by atoms with Crippen LogP contribution in [0.4, 0.5) is 0 Å². The minimum atomic E-state index is 0.0368. The Kier molecular flexibility index (Phi) is 4.15. The first-order valence-electron chi connectivity index (χ1n) is 6.01. The molecule has 2 heteroatoms. The van der Waals surface area contributed by atoms with Crippen LogP contribution in [0.1, 0.15) is 12.5 Å². The molecular weight excluding hydrogens is 222 g/mol. The Balaban J connectivity index is 2.23. The first-order chi connectivity index (χ1) is 8.75. The maximum absolute atomic E-state index is 5.85. The molecule has 0 fully saturated rings. The number of para-hydroxylation sites is 2. The van der Waals surface area contributed by atoms with Gasteiger partial charge in [0.2, 0.25) is 0 Å². The Morgan fingerprint density at radius 1 is 1.00 bits per heavy atom. The molecule has 0 aromatic heterocycles. The smallest absolute Gasteiger partial charge is 0.134 e. The van der Waals surface area contributed by atoms with Gasteiger partial charge in [0.25, 0.3) is 0 Å². The average Bonchev–Trinajstić information content (AvgIpc) is 2.39. The average molecular weight is 239 g/mol. The van der Waals surface area contributed by atoms with Crippen LogP contribution in [0.3, 0.4) is 0 Å². The maximum Gasteiger partial charge on any atom is 0.134 e. The quantitative estimate of drug-likeness (QED) is 0.879. The van der Waals surface area contributed by atoms with E-state index in [-0.39, 0.29) is 6.04 Å². The summed E-state index contributed by atoms with van der Waals surface area (Å²) in [5.74, 6) is 1.67. The zero-order valence-corrected chi connectivity index (χ0v) is 10.4. The number of nitrogens with two attached hydrogens (primary N) is 1. The van der Waals surface area contributed by atoms with Crippen LogP contribution in [0.15, 0.2) is 60.7 Å². The molecule has 0 heterocycles. The predicted molar refractivity (Wildman–Crippen MR) is 75.6 cm³/mol. The minimum absolute atomic E-state index is 0.0368. The highest BCUT2D eigenvalue weighted by Gasteiger charge is 2.01. The summed E-state index contributed by atoms with van der Waals surface area (Å²) in [5, 5.41) is 0. The Morgan fingerprint density at radius 2 is 1.67 bits per heavy atom. The monoisotopic (exact) mass is 239 g/mol. The molecule has 2 aromatic carbocycles. The summed E-state index contributed by atoms with van der Waals surface area (Å²) in [4.78, 5) is 0. The molecule has 1 unspecified atom stereocenters. The largest absolute Gasteiger partial charge is 0.457 e. The second kappa shape index (κ2) is 6.03. The molecule has 18 heavy (non-hydrogen) atoms. The van der Waals surface area contributed by atoms with E-state index in [2.05, 4.69) is 0 Å². The van der Waals surface area contributed by atoms with Crippen LogP contribution in [0.25, 0.3) is 6.08 Å². The lowest BCUT2D eigenvalue weighted by Gasteiger charge is -2.08. The highest BCUT2D eigenvalue weighted by atomic mass is 16.5. The van der Waals surface area contributed by atoms with Crippen LogP contribution < -0.4 is 10.5 Å². The maximum atomic E-state index is 5.85. The normalized spacial score (nSPS) is 12.6. The van der Waals surface area contributed by atoms with Gasteiger partial charge < -0.3 is 10.5 Å². The molecule has 0 aliphatic heterocycles. The van der Waals surface area contributed by atoms with Crippen LogP contribution in [0.5, 0.6) is 11.5 Å². The molecule has 0 bridgehead atoms. The van der Waals surface area contributed by atoms with Crippen molar-refractivity contribution in [2.24, 2.45) is 5.73 Å². The molecule has 2 rings (SSSR count). The van der Waals surface area contributed by atoms with E-state index in [9.17, 15) is 0 Å². The molecule has 2 aromatic rings. The van der Waals surface area contributed by atoms with E-state index in [4.69, 9.17) is 10.5 Å². The van der Waals surface area contributed by atoms with E-state index >= 15 is 0 Å². The number of benzene rings is 2. The van der Waals surface area contributed by atoms with Crippen LogP contribution in [0, 0.1) is 0 Å². The molecule has 0 radical (unpaired) electrons. The van der Waals surface area contributed by atoms with Crippen molar-refractivity contribution in [2.45, 2.75) is 13.0 Å². The van der Waals surface area contributed by atoms with Crippen LogP contribution in [-0.4, -0.2) is 6.04 Å². The standard InChI is InChI=1S/C16H17NO/c1-13(17)11-12-14-7-5-6-10-16(14)18-15-8-3-2-4-9-15/h2-13H,17H2,1H3/b12-11+. The second-order valence-corrected chi connectivity index (χ2v) is 4.17. The first kappa shape index (κ1) is 12.4. The van der Waals surface area contributed by atoms with Gasteiger partial charge in [-0.25, -0.2) is 0 Å². The second-order valence-electron chi connectivity index (χ2n) is 4.17. The summed E-state index contributed by atoms with van der Waals surface area (Å²) in [6, 6.07) is 17.7. The van der Waals surface area contributed by atoms with Gasteiger partial charge in [-0.2, -0.15) is 0 Å². The van der Waals surface area contributed by atoms with Crippen molar-refractivity contribution in [1.29, 1.82) is 0 Å². The van der Waals surface area contributed by atoms with Gasteiger partial charge in [0.05, 0.1) is 0 Å². The highest BCUT2D eigenvalue weighted by Crippen LogP contribution is 2.25. The van der Waals surface area contributed by atoms with Crippen molar-refractivity contribution < 1.29 is 4.74 Å². The molecule has 0 aliphatic rings. The molecule has 92 valence electrons. The van der Waals surface area contributed by atoms with E-state index in [1.165, 1.54) is 0 Å². The molecular formula is C16H17NO. The Hall–Kier alpha value is -2.06. The summed E-state index contributed by atoms with van der Waals surface area (Å²) >= 11 is 0. The topological polar surface area (TPSA) is 35.2 Å². The summed E-state index contributed by atoms with van der Waals surface area (Å²) in [5.41, 5.74) is 6.74. The van der Waals surface area contributed by atoms with Gasteiger partial charge in [0.15, 0.2) is 0 Å². The van der Waals surface area contributed by atoms with Gasteiger partial charge in [-0.1, -0.05) is 48.6 Å². The Bertz CT molecular complexity index is 518. The van der Waals surface area contributed by atoms with Gasteiger partial charge in [-0.3, -0.25) is 0 Å². The minimum Gasteiger partial charge on any atom is -0.457 e.